The first-order valence-electron chi connectivity index (χ1n) is 6.71. The zero-order valence-electron chi connectivity index (χ0n) is 11.1. The summed E-state index contributed by atoms with van der Waals surface area (Å²) >= 11 is 3.39. The van der Waals surface area contributed by atoms with Crippen LogP contribution in [0.4, 0.5) is 10.1 Å². The van der Waals surface area contributed by atoms with Crippen molar-refractivity contribution in [1.82, 2.24) is 0 Å². The maximum atomic E-state index is 13.8. The lowest BCUT2D eigenvalue weighted by molar-refractivity contribution is 0.311. The zero-order valence-corrected chi connectivity index (χ0v) is 12.7. The number of hydrogen-bond acceptors (Lipinski definition) is 1. The van der Waals surface area contributed by atoms with Gasteiger partial charge < -0.3 is 4.90 Å². The van der Waals surface area contributed by atoms with E-state index >= 15 is 0 Å². The Morgan fingerprint density at radius 3 is 2.56 bits per heavy atom. The van der Waals surface area contributed by atoms with Gasteiger partial charge in [-0.3, -0.25) is 0 Å². The van der Waals surface area contributed by atoms with Gasteiger partial charge in [0.05, 0.1) is 0 Å². The van der Waals surface area contributed by atoms with Crippen molar-refractivity contribution >= 4 is 21.6 Å². The van der Waals surface area contributed by atoms with Crippen molar-refractivity contribution in [2.45, 2.75) is 32.0 Å². The van der Waals surface area contributed by atoms with Gasteiger partial charge in [-0.15, -0.1) is 0 Å². The van der Waals surface area contributed by atoms with Crippen molar-refractivity contribution in [2.24, 2.45) is 11.8 Å². The summed E-state index contributed by atoms with van der Waals surface area (Å²) in [5.41, 5.74) is 1.86. The summed E-state index contributed by atoms with van der Waals surface area (Å²) in [4.78, 5) is 2.33. The van der Waals surface area contributed by atoms with Crippen LogP contribution in [0.15, 0.2) is 18.2 Å². The van der Waals surface area contributed by atoms with Gasteiger partial charge in [0, 0.05) is 29.7 Å². The van der Waals surface area contributed by atoms with E-state index in [0.29, 0.717) is 5.33 Å². The lowest BCUT2D eigenvalue weighted by Gasteiger charge is -2.36. The molecule has 0 spiro atoms. The minimum atomic E-state index is -0.102. The Bertz CT molecular complexity index is 397. The number of nitrogens with zero attached hydrogens (tertiary/aromatic N) is 1. The molecule has 100 valence electrons. The molecule has 1 heterocycles. The Balaban J connectivity index is 2.12. The van der Waals surface area contributed by atoms with Gasteiger partial charge in [0.25, 0.3) is 0 Å². The third kappa shape index (κ3) is 2.87. The number of anilines is 1. The monoisotopic (exact) mass is 313 g/mol. The van der Waals surface area contributed by atoms with Crippen molar-refractivity contribution in [3.05, 3.63) is 29.6 Å². The molecule has 2 rings (SSSR count). The highest BCUT2D eigenvalue weighted by molar-refractivity contribution is 9.08. The second-order valence-corrected chi connectivity index (χ2v) is 6.00. The first-order chi connectivity index (χ1) is 8.63. The fourth-order valence-electron chi connectivity index (χ4n) is 2.78. The van der Waals surface area contributed by atoms with Crippen LogP contribution < -0.4 is 4.90 Å². The number of piperidine rings is 1. The van der Waals surface area contributed by atoms with Crippen LogP contribution in [0.1, 0.15) is 32.3 Å². The van der Waals surface area contributed by atoms with Crippen LogP contribution in [-0.4, -0.2) is 13.1 Å². The van der Waals surface area contributed by atoms with Crippen LogP contribution >= 0.6 is 15.9 Å². The third-order valence-electron chi connectivity index (χ3n) is 4.05. The zero-order chi connectivity index (χ0) is 13.1. The molecule has 1 fully saturated rings. The minimum Gasteiger partial charge on any atom is -0.371 e. The molecule has 0 radical (unpaired) electrons. The second-order valence-electron chi connectivity index (χ2n) is 5.44. The van der Waals surface area contributed by atoms with Crippen molar-refractivity contribution < 1.29 is 4.39 Å². The fourth-order valence-corrected chi connectivity index (χ4v) is 3.34. The topological polar surface area (TPSA) is 3.24 Å². The predicted molar refractivity (Wildman–Crippen MR) is 78.8 cm³/mol. The van der Waals surface area contributed by atoms with E-state index in [1.54, 1.807) is 6.07 Å². The molecular formula is C15H21BrFN. The van der Waals surface area contributed by atoms with E-state index in [4.69, 9.17) is 0 Å². The van der Waals surface area contributed by atoms with E-state index in [1.165, 1.54) is 12.8 Å². The molecule has 1 aliphatic heterocycles. The number of hydrogen-bond donors (Lipinski definition) is 0. The van der Waals surface area contributed by atoms with Crippen molar-refractivity contribution in [1.29, 1.82) is 0 Å². The van der Waals surface area contributed by atoms with Crippen LogP contribution in [0, 0.1) is 17.7 Å². The highest BCUT2D eigenvalue weighted by Crippen LogP contribution is 2.31. The molecule has 0 unspecified atom stereocenters. The van der Waals surface area contributed by atoms with Crippen molar-refractivity contribution in [3.63, 3.8) is 0 Å². The summed E-state index contributed by atoms with van der Waals surface area (Å²) < 4.78 is 13.8. The Labute approximate surface area is 118 Å². The number of alkyl halides is 1. The molecule has 3 heteroatoms. The third-order valence-corrected chi connectivity index (χ3v) is 4.61. The van der Waals surface area contributed by atoms with E-state index in [0.717, 1.165) is 36.2 Å². The molecular weight excluding hydrogens is 293 g/mol. The number of benzene rings is 1. The Kier molecular flexibility index (Phi) is 4.66. The van der Waals surface area contributed by atoms with E-state index < -0.39 is 0 Å². The van der Waals surface area contributed by atoms with Gasteiger partial charge in [-0.2, -0.15) is 0 Å². The predicted octanol–water partition coefficient (Wildman–Crippen LogP) is 4.59. The van der Waals surface area contributed by atoms with Gasteiger partial charge in [-0.25, -0.2) is 4.39 Å². The summed E-state index contributed by atoms with van der Waals surface area (Å²) in [7, 11) is 0. The molecule has 0 bridgehead atoms. The summed E-state index contributed by atoms with van der Waals surface area (Å²) in [6, 6.07) is 5.39. The Morgan fingerprint density at radius 2 is 2.00 bits per heavy atom. The van der Waals surface area contributed by atoms with Gasteiger partial charge in [0.15, 0.2) is 0 Å². The quantitative estimate of drug-likeness (QED) is 0.737. The molecule has 0 aliphatic carbocycles. The van der Waals surface area contributed by atoms with Crippen LogP contribution in [0.2, 0.25) is 0 Å². The number of rotatable bonds is 3. The minimum absolute atomic E-state index is 0.102. The second kappa shape index (κ2) is 6.05. The average molecular weight is 314 g/mol. The van der Waals surface area contributed by atoms with E-state index in [9.17, 15) is 4.39 Å². The standard InChI is InChI=1S/C15H21BrFN/c1-11(2)12-6-8-18(9-7-12)15-5-3-4-14(17)13(15)10-16/h3-5,11-12H,6-10H2,1-2H3. The molecule has 1 aromatic rings. The van der Waals surface area contributed by atoms with Gasteiger partial charge in [-0.1, -0.05) is 35.8 Å². The van der Waals surface area contributed by atoms with Gasteiger partial charge in [-0.05, 0) is 36.8 Å². The molecule has 1 aromatic carbocycles. The average Bonchev–Trinajstić information content (AvgIpc) is 2.38. The lowest BCUT2D eigenvalue weighted by Crippen LogP contribution is -2.35. The maximum absolute atomic E-state index is 13.8. The first-order valence-corrected chi connectivity index (χ1v) is 7.84. The molecule has 1 saturated heterocycles. The fraction of sp³-hybridized carbons (Fsp3) is 0.600. The molecule has 1 aliphatic rings. The largest absolute Gasteiger partial charge is 0.371 e. The molecule has 18 heavy (non-hydrogen) atoms. The summed E-state index contributed by atoms with van der Waals surface area (Å²) in [5, 5.41) is 0.582. The van der Waals surface area contributed by atoms with Crippen LogP contribution in [0.25, 0.3) is 0 Å². The molecule has 1 nitrogen and oxygen atoms in total. The summed E-state index contributed by atoms with van der Waals surface area (Å²) in [5.74, 6) is 1.48. The van der Waals surface area contributed by atoms with Gasteiger partial charge in [0.2, 0.25) is 0 Å². The Morgan fingerprint density at radius 1 is 1.33 bits per heavy atom. The van der Waals surface area contributed by atoms with E-state index in [2.05, 4.69) is 34.7 Å². The summed E-state index contributed by atoms with van der Waals surface area (Å²) in [6.07, 6.45) is 2.44. The molecule has 0 atom stereocenters. The smallest absolute Gasteiger partial charge is 0.129 e. The normalized spacial score (nSPS) is 17.5. The Hall–Kier alpha value is -0.570. The van der Waals surface area contributed by atoms with Gasteiger partial charge >= 0.3 is 0 Å². The van der Waals surface area contributed by atoms with E-state index in [-0.39, 0.29) is 5.82 Å². The highest BCUT2D eigenvalue weighted by atomic mass is 79.9. The van der Waals surface area contributed by atoms with Crippen molar-refractivity contribution in [2.75, 3.05) is 18.0 Å². The van der Waals surface area contributed by atoms with Crippen LogP contribution in [0.5, 0.6) is 0 Å². The van der Waals surface area contributed by atoms with Crippen LogP contribution in [-0.2, 0) is 5.33 Å². The molecule has 0 amide bonds. The van der Waals surface area contributed by atoms with E-state index in [1.807, 2.05) is 12.1 Å². The molecule has 0 N–H and O–H groups in total. The van der Waals surface area contributed by atoms with Gasteiger partial charge in [0.1, 0.15) is 5.82 Å². The first kappa shape index (κ1) is 13.9. The molecule has 0 saturated carbocycles. The highest BCUT2D eigenvalue weighted by Gasteiger charge is 2.23. The lowest BCUT2D eigenvalue weighted by atomic mass is 9.86. The number of halogens is 2. The SMILES string of the molecule is CC(C)C1CCN(c2cccc(F)c2CBr)CC1. The van der Waals surface area contributed by atoms with Crippen LogP contribution in [0.3, 0.4) is 0 Å². The maximum Gasteiger partial charge on any atom is 0.129 e. The molecule has 0 aromatic heterocycles. The summed E-state index contributed by atoms with van der Waals surface area (Å²) in [6.45, 7) is 6.69. The van der Waals surface area contributed by atoms with Crippen molar-refractivity contribution in [3.8, 4) is 0 Å².